The van der Waals surface area contributed by atoms with Crippen LogP contribution < -0.4 is 10.6 Å². The van der Waals surface area contributed by atoms with Crippen LogP contribution in [0.4, 0.5) is 4.39 Å². The van der Waals surface area contributed by atoms with E-state index in [0.29, 0.717) is 5.56 Å². The normalized spacial score (nSPS) is 11.0. The zero-order chi connectivity index (χ0) is 20.6. The standard InChI is InChI=1S/C24H21FN2O2/c1-17-11-13-19(14-12-17)23(28)27-22(15-20-9-5-6-10-21(20)25)24(29)26-16-18-7-3-2-4-8-18/h2-15H,16H2,1H3,(H,26,29)(H,27,28)/b22-15+. The molecule has 2 N–H and O–H groups in total. The first kappa shape index (κ1) is 20.0. The van der Waals surface area contributed by atoms with E-state index in [1.54, 1.807) is 24.3 Å². The van der Waals surface area contributed by atoms with Crippen molar-refractivity contribution in [1.29, 1.82) is 0 Å². The number of carbonyl (C=O) groups is 2. The van der Waals surface area contributed by atoms with Gasteiger partial charge in [-0.1, -0.05) is 66.2 Å². The van der Waals surface area contributed by atoms with Crippen LogP contribution in [0.5, 0.6) is 0 Å². The van der Waals surface area contributed by atoms with Crippen molar-refractivity contribution in [2.45, 2.75) is 13.5 Å². The SMILES string of the molecule is Cc1ccc(C(=O)N/C(=C/c2ccccc2F)C(=O)NCc2ccccc2)cc1. The van der Waals surface area contributed by atoms with Gasteiger partial charge in [-0.05, 0) is 36.8 Å². The first-order chi connectivity index (χ1) is 14.0. The third-order valence-electron chi connectivity index (χ3n) is 4.31. The van der Waals surface area contributed by atoms with Crippen LogP contribution in [-0.4, -0.2) is 11.8 Å². The van der Waals surface area contributed by atoms with E-state index in [1.807, 2.05) is 49.4 Å². The maximum atomic E-state index is 14.1. The number of rotatable bonds is 6. The van der Waals surface area contributed by atoms with E-state index in [0.717, 1.165) is 11.1 Å². The molecule has 0 aliphatic carbocycles. The molecule has 3 rings (SSSR count). The molecule has 146 valence electrons. The Hall–Kier alpha value is -3.73. The molecule has 0 saturated carbocycles. The number of hydrogen-bond donors (Lipinski definition) is 2. The second-order valence-corrected chi connectivity index (χ2v) is 6.57. The van der Waals surface area contributed by atoms with Gasteiger partial charge in [0, 0.05) is 17.7 Å². The second kappa shape index (κ2) is 9.46. The van der Waals surface area contributed by atoms with Gasteiger partial charge in [0.05, 0.1) is 0 Å². The molecule has 0 aliphatic rings. The van der Waals surface area contributed by atoms with E-state index < -0.39 is 17.6 Å². The maximum absolute atomic E-state index is 14.1. The van der Waals surface area contributed by atoms with Crippen molar-refractivity contribution >= 4 is 17.9 Å². The van der Waals surface area contributed by atoms with Crippen LogP contribution in [-0.2, 0) is 11.3 Å². The Morgan fingerprint density at radius 1 is 0.897 bits per heavy atom. The van der Waals surface area contributed by atoms with Crippen molar-refractivity contribution < 1.29 is 14.0 Å². The lowest BCUT2D eigenvalue weighted by Crippen LogP contribution is -2.34. The number of amides is 2. The highest BCUT2D eigenvalue weighted by atomic mass is 19.1. The molecule has 0 fully saturated rings. The molecule has 0 bridgehead atoms. The lowest BCUT2D eigenvalue weighted by molar-refractivity contribution is -0.117. The van der Waals surface area contributed by atoms with Gasteiger partial charge in [-0.2, -0.15) is 0 Å². The Balaban J connectivity index is 1.83. The zero-order valence-electron chi connectivity index (χ0n) is 16.0. The van der Waals surface area contributed by atoms with Crippen molar-refractivity contribution in [3.05, 3.63) is 113 Å². The van der Waals surface area contributed by atoms with Crippen LogP contribution in [0.25, 0.3) is 6.08 Å². The van der Waals surface area contributed by atoms with Gasteiger partial charge in [0.15, 0.2) is 0 Å². The number of hydrogen-bond acceptors (Lipinski definition) is 2. The van der Waals surface area contributed by atoms with E-state index >= 15 is 0 Å². The van der Waals surface area contributed by atoms with Gasteiger partial charge in [-0.15, -0.1) is 0 Å². The van der Waals surface area contributed by atoms with Crippen LogP contribution in [0.3, 0.4) is 0 Å². The Labute approximate surface area is 169 Å². The zero-order valence-corrected chi connectivity index (χ0v) is 16.0. The Bertz CT molecular complexity index is 1030. The molecule has 29 heavy (non-hydrogen) atoms. The summed E-state index contributed by atoms with van der Waals surface area (Å²) in [5.41, 5.74) is 2.52. The molecule has 0 saturated heterocycles. The average Bonchev–Trinajstić information content (AvgIpc) is 2.74. The quantitative estimate of drug-likeness (QED) is 0.621. The summed E-state index contributed by atoms with van der Waals surface area (Å²) in [4.78, 5) is 25.3. The Morgan fingerprint density at radius 2 is 1.55 bits per heavy atom. The molecule has 2 amide bonds. The molecule has 0 heterocycles. The number of benzene rings is 3. The molecule has 0 atom stereocenters. The highest BCUT2D eigenvalue weighted by molar-refractivity contribution is 6.05. The smallest absolute Gasteiger partial charge is 0.268 e. The van der Waals surface area contributed by atoms with E-state index in [-0.39, 0.29) is 17.8 Å². The molecule has 0 aliphatic heterocycles. The molecule has 0 spiro atoms. The van der Waals surface area contributed by atoms with Gasteiger partial charge in [0.1, 0.15) is 11.5 Å². The molecule has 0 aromatic heterocycles. The van der Waals surface area contributed by atoms with Crippen LogP contribution in [0.1, 0.15) is 27.0 Å². The molecule has 0 radical (unpaired) electrons. The number of aryl methyl sites for hydroxylation is 1. The molecular formula is C24H21FN2O2. The molecule has 5 heteroatoms. The van der Waals surface area contributed by atoms with Crippen molar-refractivity contribution in [3.63, 3.8) is 0 Å². The van der Waals surface area contributed by atoms with Gasteiger partial charge in [-0.3, -0.25) is 9.59 Å². The minimum absolute atomic E-state index is 0.0309. The summed E-state index contributed by atoms with van der Waals surface area (Å²) in [5, 5.41) is 5.37. The summed E-state index contributed by atoms with van der Waals surface area (Å²) < 4.78 is 14.1. The molecule has 3 aromatic carbocycles. The minimum atomic E-state index is -0.502. The molecular weight excluding hydrogens is 367 g/mol. The van der Waals surface area contributed by atoms with Crippen molar-refractivity contribution in [3.8, 4) is 0 Å². The van der Waals surface area contributed by atoms with Gasteiger partial charge in [-0.25, -0.2) is 4.39 Å². The highest BCUT2D eigenvalue weighted by Crippen LogP contribution is 2.12. The van der Waals surface area contributed by atoms with Crippen LogP contribution in [0, 0.1) is 12.7 Å². The van der Waals surface area contributed by atoms with E-state index in [9.17, 15) is 14.0 Å². The molecule has 4 nitrogen and oxygen atoms in total. The first-order valence-corrected chi connectivity index (χ1v) is 9.19. The third-order valence-corrected chi connectivity index (χ3v) is 4.31. The number of halogens is 1. The summed E-state index contributed by atoms with van der Waals surface area (Å²) in [6.07, 6.45) is 1.34. The predicted molar refractivity (Wildman–Crippen MR) is 111 cm³/mol. The highest BCUT2D eigenvalue weighted by Gasteiger charge is 2.15. The van der Waals surface area contributed by atoms with Crippen LogP contribution >= 0.6 is 0 Å². The van der Waals surface area contributed by atoms with Crippen molar-refractivity contribution in [2.75, 3.05) is 0 Å². The lowest BCUT2D eigenvalue weighted by Gasteiger charge is -2.12. The van der Waals surface area contributed by atoms with Gasteiger partial charge in [0.25, 0.3) is 11.8 Å². The average molecular weight is 388 g/mol. The fraction of sp³-hybridized carbons (Fsp3) is 0.0833. The molecule has 0 unspecified atom stereocenters. The summed E-state index contributed by atoms with van der Waals surface area (Å²) in [7, 11) is 0. The summed E-state index contributed by atoms with van der Waals surface area (Å²) >= 11 is 0. The number of carbonyl (C=O) groups excluding carboxylic acids is 2. The summed E-state index contributed by atoms with van der Waals surface area (Å²) in [5.74, 6) is -1.43. The lowest BCUT2D eigenvalue weighted by atomic mass is 10.1. The molecule has 3 aromatic rings. The topological polar surface area (TPSA) is 58.2 Å². The fourth-order valence-corrected chi connectivity index (χ4v) is 2.68. The Kier molecular flexibility index (Phi) is 6.53. The predicted octanol–water partition coefficient (Wildman–Crippen LogP) is 4.22. The summed E-state index contributed by atoms with van der Waals surface area (Å²) in [6.45, 7) is 2.21. The van der Waals surface area contributed by atoms with Crippen molar-refractivity contribution in [2.24, 2.45) is 0 Å². The third kappa shape index (κ3) is 5.62. The van der Waals surface area contributed by atoms with Crippen LogP contribution in [0.2, 0.25) is 0 Å². The first-order valence-electron chi connectivity index (χ1n) is 9.19. The van der Waals surface area contributed by atoms with E-state index in [2.05, 4.69) is 10.6 Å². The van der Waals surface area contributed by atoms with Crippen molar-refractivity contribution in [1.82, 2.24) is 10.6 Å². The minimum Gasteiger partial charge on any atom is -0.347 e. The second-order valence-electron chi connectivity index (χ2n) is 6.57. The maximum Gasteiger partial charge on any atom is 0.268 e. The fourth-order valence-electron chi connectivity index (χ4n) is 2.68. The van der Waals surface area contributed by atoms with E-state index in [1.165, 1.54) is 18.2 Å². The monoisotopic (exact) mass is 388 g/mol. The van der Waals surface area contributed by atoms with E-state index in [4.69, 9.17) is 0 Å². The largest absolute Gasteiger partial charge is 0.347 e. The van der Waals surface area contributed by atoms with Gasteiger partial charge >= 0.3 is 0 Å². The Morgan fingerprint density at radius 3 is 2.24 bits per heavy atom. The summed E-state index contributed by atoms with van der Waals surface area (Å²) in [6, 6.07) is 22.4. The number of nitrogens with one attached hydrogen (secondary N) is 2. The van der Waals surface area contributed by atoms with Gasteiger partial charge in [0.2, 0.25) is 0 Å². The van der Waals surface area contributed by atoms with Crippen LogP contribution in [0.15, 0.2) is 84.6 Å². The van der Waals surface area contributed by atoms with Gasteiger partial charge < -0.3 is 10.6 Å².